The van der Waals surface area contributed by atoms with Crippen LogP contribution in [-0.4, -0.2) is 19.7 Å². The topological polar surface area (TPSA) is 43.6 Å². The van der Waals surface area contributed by atoms with Crippen LogP contribution in [0.5, 0.6) is 0 Å². The molecule has 2 heterocycles. The molecule has 0 atom stereocenters. The predicted molar refractivity (Wildman–Crippen MR) is 57.8 cm³/mol. The van der Waals surface area contributed by atoms with Gasteiger partial charge in [-0.2, -0.15) is 14.1 Å². The van der Waals surface area contributed by atoms with Crippen molar-refractivity contribution < 1.29 is 13.2 Å². The van der Waals surface area contributed by atoms with Crippen LogP contribution in [0.25, 0.3) is 5.82 Å². The monoisotopic (exact) mass is 256 g/mol. The average molecular weight is 256 g/mol. The van der Waals surface area contributed by atoms with E-state index in [4.69, 9.17) is 0 Å². The van der Waals surface area contributed by atoms with E-state index in [9.17, 15) is 13.2 Å². The molecular formula is C11H11F3N4. The molecule has 2 aromatic heterocycles. The number of aryl methyl sites for hydroxylation is 2. The van der Waals surface area contributed by atoms with Crippen LogP contribution < -0.4 is 0 Å². The summed E-state index contributed by atoms with van der Waals surface area (Å²) < 4.78 is 40.6. The van der Waals surface area contributed by atoms with Gasteiger partial charge >= 0.3 is 0 Å². The van der Waals surface area contributed by atoms with Crippen LogP contribution >= 0.6 is 0 Å². The Morgan fingerprint density at radius 3 is 2.39 bits per heavy atom. The Bertz CT molecular complexity index is 580. The number of nitrogens with zero attached hydrogens (tertiary/aromatic N) is 4. The molecule has 2 rings (SSSR count). The van der Waals surface area contributed by atoms with E-state index in [-0.39, 0.29) is 5.82 Å². The van der Waals surface area contributed by atoms with Gasteiger partial charge < -0.3 is 0 Å². The molecule has 0 spiro atoms. The minimum absolute atomic E-state index is 0.377. The van der Waals surface area contributed by atoms with Gasteiger partial charge in [-0.25, -0.2) is 13.8 Å². The molecule has 2 aromatic rings. The van der Waals surface area contributed by atoms with Crippen molar-refractivity contribution in [1.82, 2.24) is 19.7 Å². The summed E-state index contributed by atoms with van der Waals surface area (Å²) in [7, 11) is 0. The molecule has 0 radical (unpaired) electrons. The standard InChI is InChI=1S/C11H11F3N4/c1-3-8-15-9(4-2)18(17-8)11-7(13)5-6(12)10(14)16-11/h5H,3-4H2,1-2H3. The molecule has 0 fully saturated rings. The first-order valence-corrected chi connectivity index (χ1v) is 5.53. The van der Waals surface area contributed by atoms with E-state index in [0.717, 1.165) is 4.68 Å². The van der Waals surface area contributed by atoms with Crippen LogP contribution in [0.4, 0.5) is 13.2 Å². The second-order valence-electron chi connectivity index (χ2n) is 3.63. The maximum absolute atomic E-state index is 13.6. The van der Waals surface area contributed by atoms with E-state index in [1.165, 1.54) is 0 Å². The Morgan fingerprint density at radius 1 is 1.06 bits per heavy atom. The molecule has 0 unspecified atom stereocenters. The minimum atomic E-state index is -1.36. The van der Waals surface area contributed by atoms with Gasteiger partial charge in [-0.15, -0.1) is 5.10 Å². The van der Waals surface area contributed by atoms with Gasteiger partial charge in [0, 0.05) is 18.9 Å². The zero-order chi connectivity index (χ0) is 13.3. The van der Waals surface area contributed by atoms with Crippen LogP contribution in [0.15, 0.2) is 6.07 Å². The largest absolute Gasteiger partial charge is 0.251 e. The molecule has 0 aliphatic rings. The second-order valence-corrected chi connectivity index (χ2v) is 3.63. The molecular weight excluding hydrogens is 245 g/mol. The van der Waals surface area contributed by atoms with Crippen molar-refractivity contribution in [3.05, 3.63) is 35.3 Å². The first-order valence-electron chi connectivity index (χ1n) is 5.53. The fourth-order valence-electron chi connectivity index (χ4n) is 1.52. The van der Waals surface area contributed by atoms with Gasteiger partial charge in [-0.1, -0.05) is 13.8 Å². The quantitative estimate of drug-likeness (QED) is 0.791. The second kappa shape index (κ2) is 4.75. The van der Waals surface area contributed by atoms with Crippen molar-refractivity contribution in [3.8, 4) is 5.82 Å². The molecule has 0 N–H and O–H groups in total. The summed E-state index contributed by atoms with van der Waals surface area (Å²) in [6.45, 7) is 3.64. The third-order valence-electron chi connectivity index (χ3n) is 2.42. The molecule has 0 aliphatic carbocycles. The fraction of sp³-hybridized carbons (Fsp3) is 0.364. The summed E-state index contributed by atoms with van der Waals surface area (Å²) in [6.07, 6.45) is 1.04. The minimum Gasteiger partial charge on any atom is -0.216 e. The van der Waals surface area contributed by atoms with E-state index < -0.39 is 17.6 Å². The van der Waals surface area contributed by atoms with E-state index in [2.05, 4.69) is 15.1 Å². The molecule has 0 aliphatic heterocycles. The summed E-state index contributed by atoms with van der Waals surface area (Å²) in [6, 6.07) is 0.449. The van der Waals surface area contributed by atoms with Crippen molar-refractivity contribution in [2.75, 3.05) is 0 Å². The third-order valence-corrected chi connectivity index (χ3v) is 2.42. The number of rotatable bonds is 3. The Labute approximate surface area is 101 Å². The Balaban J connectivity index is 2.60. The first-order chi connectivity index (χ1) is 8.56. The lowest BCUT2D eigenvalue weighted by Crippen LogP contribution is -2.09. The van der Waals surface area contributed by atoms with Gasteiger partial charge in [0.25, 0.3) is 5.95 Å². The third kappa shape index (κ3) is 2.07. The maximum atomic E-state index is 13.6. The highest BCUT2D eigenvalue weighted by molar-refractivity contribution is 5.25. The SMILES string of the molecule is CCc1nc(CC)n(-c2nc(F)c(F)cc2F)n1. The highest BCUT2D eigenvalue weighted by Crippen LogP contribution is 2.15. The molecule has 96 valence electrons. The summed E-state index contributed by atoms with van der Waals surface area (Å²) in [5.74, 6) is -3.09. The number of pyridine rings is 1. The number of hydrogen-bond donors (Lipinski definition) is 0. The van der Waals surface area contributed by atoms with Gasteiger partial charge in [-0.3, -0.25) is 0 Å². The Morgan fingerprint density at radius 2 is 1.78 bits per heavy atom. The maximum Gasteiger partial charge on any atom is 0.251 e. The normalized spacial score (nSPS) is 10.9. The van der Waals surface area contributed by atoms with Crippen molar-refractivity contribution in [1.29, 1.82) is 0 Å². The zero-order valence-electron chi connectivity index (χ0n) is 9.91. The lowest BCUT2D eigenvalue weighted by atomic mass is 10.4. The number of aromatic nitrogens is 4. The lowest BCUT2D eigenvalue weighted by molar-refractivity contribution is 0.457. The van der Waals surface area contributed by atoms with E-state index in [1.54, 1.807) is 6.92 Å². The van der Waals surface area contributed by atoms with Crippen LogP contribution in [0.3, 0.4) is 0 Å². The van der Waals surface area contributed by atoms with Crippen molar-refractivity contribution >= 4 is 0 Å². The summed E-state index contributed by atoms with van der Waals surface area (Å²) in [5, 5.41) is 4.02. The van der Waals surface area contributed by atoms with Crippen LogP contribution in [0, 0.1) is 17.6 Å². The summed E-state index contributed by atoms with van der Waals surface area (Å²) in [4.78, 5) is 7.39. The van der Waals surface area contributed by atoms with Crippen LogP contribution in [-0.2, 0) is 12.8 Å². The fourth-order valence-corrected chi connectivity index (χ4v) is 1.52. The van der Waals surface area contributed by atoms with Gasteiger partial charge in [0.15, 0.2) is 23.3 Å². The van der Waals surface area contributed by atoms with Gasteiger partial charge in [0.05, 0.1) is 0 Å². The highest BCUT2D eigenvalue weighted by atomic mass is 19.2. The molecule has 0 bridgehead atoms. The van der Waals surface area contributed by atoms with E-state index in [0.29, 0.717) is 30.6 Å². The lowest BCUT2D eigenvalue weighted by Gasteiger charge is -2.04. The Hall–Kier alpha value is -1.92. The first kappa shape index (κ1) is 12.5. The van der Waals surface area contributed by atoms with Crippen LogP contribution in [0.1, 0.15) is 25.5 Å². The smallest absolute Gasteiger partial charge is 0.216 e. The Kier molecular flexibility index (Phi) is 3.31. The van der Waals surface area contributed by atoms with Crippen molar-refractivity contribution in [2.45, 2.75) is 26.7 Å². The van der Waals surface area contributed by atoms with E-state index >= 15 is 0 Å². The molecule has 0 saturated carbocycles. The zero-order valence-corrected chi connectivity index (χ0v) is 9.91. The van der Waals surface area contributed by atoms with Crippen LogP contribution in [0.2, 0.25) is 0 Å². The number of hydrogen-bond acceptors (Lipinski definition) is 3. The molecule has 0 aromatic carbocycles. The highest BCUT2D eigenvalue weighted by Gasteiger charge is 2.17. The molecule has 7 heteroatoms. The average Bonchev–Trinajstić information content (AvgIpc) is 2.77. The predicted octanol–water partition coefficient (Wildman–Crippen LogP) is 2.20. The molecule has 4 nitrogen and oxygen atoms in total. The molecule has 18 heavy (non-hydrogen) atoms. The van der Waals surface area contributed by atoms with E-state index in [1.807, 2.05) is 6.92 Å². The molecule has 0 amide bonds. The summed E-state index contributed by atoms with van der Waals surface area (Å²) in [5.41, 5.74) is 0. The summed E-state index contributed by atoms with van der Waals surface area (Å²) >= 11 is 0. The van der Waals surface area contributed by atoms with Crippen molar-refractivity contribution in [2.24, 2.45) is 0 Å². The van der Waals surface area contributed by atoms with Gasteiger partial charge in [0.2, 0.25) is 0 Å². The molecule has 0 saturated heterocycles. The van der Waals surface area contributed by atoms with Crippen molar-refractivity contribution in [3.63, 3.8) is 0 Å². The van der Waals surface area contributed by atoms with Gasteiger partial charge in [0.1, 0.15) is 5.82 Å². The van der Waals surface area contributed by atoms with Gasteiger partial charge in [-0.05, 0) is 0 Å². The number of halogens is 3.